The minimum absolute atomic E-state index is 0.0324. The second kappa shape index (κ2) is 15.7. The molecule has 5 rings (SSSR count). The Hall–Kier alpha value is -4.42. The third-order valence-electron chi connectivity index (χ3n) is 9.78. The molecule has 2 aliphatic rings. The average Bonchev–Trinajstić information content (AvgIpc) is 3.02. The minimum Gasteiger partial charge on any atom is -0.426 e. The van der Waals surface area contributed by atoms with Gasteiger partial charge in [0.2, 0.25) is 0 Å². The van der Waals surface area contributed by atoms with Crippen LogP contribution in [0.2, 0.25) is 0 Å². The number of hydrogen-bond acceptors (Lipinski definition) is 6. The molecule has 6 heteroatoms. The van der Waals surface area contributed by atoms with E-state index in [2.05, 4.69) is 19.1 Å². The zero-order chi connectivity index (χ0) is 33.4. The molecule has 2 aliphatic carbocycles. The lowest BCUT2D eigenvalue weighted by molar-refractivity contribution is -0.140. The van der Waals surface area contributed by atoms with Gasteiger partial charge in [-0.05, 0) is 150 Å². The zero-order valence-corrected chi connectivity index (χ0v) is 28.1. The summed E-state index contributed by atoms with van der Waals surface area (Å²) in [5.74, 6) is 3.18. The first-order chi connectivity index (χ1) is 22.0. The summed E-state index contributed by atoms with van der Waals surface area (Å²) in [5, 5.41) is 18.2. The van der Waals surface area contributed by atoms with E-state index in [1.165, 1.54) is 38.5 Å². The van der Waals surface area contributed by atoms with Crippen LogP contribution in [0.1, 0.15) is 108 Å². The van der Waals surface area contributed by atoms with Crippen molar-refractivity contribution >= 4 is 11.9 Å². The van der Waals surface area contributed by atoms with Crippen molar-refractivity contribution in [2.24, 2.45) is 23.7 Å². The number of benzene rings is 3. The molecule has 0 aliphatic heterocycles. The quantitative estimate of drug-likeness (QED) is 0.209. The topological polar surface area (TPSA) is 100 Å². The fraction of sp³-hybridized carbons (Fsp3) is 0.450. The minimum atomic E-state index is -0.395. The van der Waals surface area contributed by atoms with Crippen molar-refractivity contribution in [1.29, 1.82) is 10.5 Å². The van der Waals surface area contributed by atoms with Crippen LogP contribution in [0.4, 0.5) is 0 Å². The average molecular weight is 619 g/mol. The van der Waals surface area contributed by atoms with Crippen LogP contribution in [-0.4, -0.2) is 11.9 Å². The largest absolute Gasteiger partial charge is 0.426 e. The molecule has 240 valence electrons. The predicted molar refractivity (Wildman–Crippen MR) is 180 cm³/mol. The van der Waals surface area contributed by atoms with Crippen molar-refractivity contribution in [2.75, 3.05) is 0 Å². The van der Waals surface area contributed by atoms with E-state index in [-0.39, 0.29) is 11.9 Å². The van der Waals surface area contributed by atoms with E-state index in [0.29, 0.717) is 28.2 Å². The molecular weight excluding hydrogens is 572 g/mol. The summed E-state index contributed by atoms with van der Waals surface area (Å²) < 4.78 is 11.0. The van der Waals surface area contributed by atoms with Crippen LogP contribution in [0.15, 0.2) is 48.5 Å². The van der Waals surface area contributed by atoms with Crippen LogP contribution in [0.25, 0.3) is 0 Å². The normalized spacial score (nSPS) is 20.7. The van der Waals surface area contributed by atoms with Gasteiger partial charge in [0, 0.05) is 0 Å². The highest BCUT2D eigenvalue weighted by Crippen LogP contribution is 2.41. The van der Waals surface area contributed by atoms with Crippen LogP contribution < -0.4 is 9.47 Å². The molecule has 0 bridgehead atoms. The summed E-state index contributed by atoms with van der Waals surface area (Å²) in [7, 11) is 0. The molecule has 3 aromatic carbocycles. The molecule has 0 heterocycles. The molecule has 0 atom stereocenters. The second-order valence-electron chi connectivity index (χ2n) is 13.4. The van der Waals surface area contributed by atoms with Crippen molar-refractivity contribution in [3.63, 3.8) is 0 Å². The fourth-order valence-electron chi connectivity index (χ4n) is 6.96. The molecule has 0 N–H and O–H groups in total. The number of ether oxygens (including phenoxy) is 2. The Morgan fingerprint density at radius 2 is 1.04 bits per heavy atom. The Morgan fingerprint density at radius 3 is 1.48 bits per heavy atom. The maximum Gasteiger partial charge on any atom is 0.343 e. The van der Waals surface area contributed by atoms with Gasteiger partial charge in [-0.15, -0.1) is 0 Å². The number of nitriles is 2. The van der Waals surface area contributed by atoms with Crippen molar-refractivity contribution in [3.05, 3.63) is 93.0 Å². The van der Waals surface area contributed by atoms with Crippen LogP contribution in [0.3, 0.4) is 0 Å². The lowest BCUT2D eigenvalue weighted by Crippen LogP contribution is -2.29. The maximum absolute atomic E-state index is 12.6. The van der Waals surface area contributed by atoms with Gasteiger partial charge in [-0.1, -0.05) is 37.5 Å². The zero-order valence-electron chi connectivity index (χ0n) is 28.1. The monoisotopic (exact) mass is 618 g/mol. The first kappa shape index (κ1) is 34.5. The number of hydrogen-bond donors (Lipinski definition) is 0. The second-order valence-corrected chi connectivity index (χ2v) is 13.4. The molecule has 2 fully saturated rings. The molecule has 0 aromatic heterocycles. The van der Waals surface area contributed by atoms with Crippen molar-refractivity contribution in [1.82, 2.24) is 0 Å². The molecule has 3 aromatic rings. The highest BCUT2D eigenvalue weighted by molar-refractivity contribution is 5.91. The summed E-state index contributed by atoms with van der Waals surface area (Å²) in [5.41, 5.74) is 6.24. The Bertz CT molecular complexity index is 1580. The van der Waals surface area contributed by atoms with Gasteiger partial charge in [-0.3, -0.25) is 4.79 Å². The standard InChI is InChI=1S/C23H31NO2.C17H15NO2/c1-15-4-6-18(7-5-15)19-8-10-20(11-9-19)23(25)26-21-12-16(2)22(14-24)17(3)13-21;1-11-4-6-14(7-5-11)17(19)20-15-8-12(2)16(10-18)13(3)9-15/h12-13,15,18-20H,4-11H2,1-3H3;4-9H,1-3H3. The van der Waals surface area contributed by atoms with E-state index in [0.717, 1.165) is 58.4 Å². The molecule has 46 heavy (non-hydrogen) atoms. The Labute approximate surface area is 274 Å². The van der Waals surface area contributed by atoms with Gasteiger partial charge in [0.1, 0.15) is 11.5 Å². The van der Waals surface area contributed by atoms with Gasteiger partial charge in [0.05, 0.1) is 34.7 Å². The van der Waals surface area contributed by atoms with Gasteiger partial charge >= 0.3 is 11.9 Å². The first-order valence-corrected chi connectivity index (χ1v) is 16.5. The highest BCUT2D eigenvalue weighted by atomic mass is 16.5. The van der Waals surface area contributed by atoms with Gasteiger partial charge < -0.3 is 9.47 Å². The van der Waals surface area contributed by atoms with Crippen molar-refractivity contribution < 1.29 is 19.1 Å². The molecule has 0 amide bonds. The number of nitrogens with zero attached hydrogens (tertiary/aromatic N) is 2. The highest BCUT2D eigenvalue weighted by Gasteiger charge is 2.33. The van der Waals surface area contributed by atoms with E-state index in [4.69, 9.17) is 20.0 Å². The van der Waals surface area contributed by atoms with Gasteiger partial charge in [-0.2, -0.15) is 10.5 Å². The molecule has 0 radical (unpaired) electrons. The number of aryl methyl sites for hydroxylation is 5. The van der Waals surface area contributed by atoms with E-state index in [1.807, 2.05) is 46.8 Å². The van der Waals surface area contributed by atoms with Crippen LogP contribution in [-0.2, 0) is 4.79 Å². The summed E-state index contributed by atoms with van der Waals surface area (Å²) in [4.78, 5) is 24.6. The van der Waals surface area contributed by atoms with Gasteiger partial charge in [0.15, 0.2) is 0 Å². The molecule has 0 unspecified atom stereocenters. The number of carbonyl (C=O) groups excluding carboxylic acids is 2. The Kier molecular flexibility index (Phi) is 11.8. The fourth-order valence-corrected chi connectivity index (χ4v) is 6.96. The third kappa shape index (κ3) is 8.85. The van der Waals surface area contributed by atoms with Gasteiger partial charge in [-0.25, -0.2) is 4.79 Å². The first-order valence-electron chi connectivity index (χ1n) is 16.5. The smallest absolute Gasteiger partial charge is 0.343 e. The summed E-state index contributed by atoms with van der Waals surface area (Å²) in [6.45, 7) is 11.8. The SMILES string of the molecule is Cc1cc(OC(=O)C2CCC(C3CCC(C)CC3)CC2)cc(C)c1C#N.Cc1ccc(C(=O)Oc2cc(C)c(C#N)c(C)c2)cc1. The van der Waals surface area contributed by atoms with E-state index < -0.39 is 5.97 Å². The maximum atomic E-state index is 12.6. The molecule has 2 saturated carbocycles. The molecule has 0 spiro atoms. The van der Waals surface area contributed by atoms with Crippen molar-refractivity contribution in [3.8, 4) is 23.6 Å². The summed E-state index contributed by atoms with van der Waals surface area (Å²) in [6, 6.07) is 18.6. The van der Waals surface area contributed by atoms with Gasteiger partial charge in [0.25, 0.3) is 0 Å². The summed E-state index contributed by atoms with van der Waals surface area (Å²) in [6.07, 6.45) is 9.78. The Morgan fingerprint density at radius 1 is 0.630 bits per heavy atom. The van der Waals surface area contributed by atoms with E-state index >= 15 is 0 Å². The summed E-state index contributed by atoms with van der Waals surface area (Å²) >= 11 is 0. The predicted octanol–water partition coefficient (Wildman–Crippen LogP) is 9.42. The number of rotatable bonds is 5. The number of esters is 2. The third-order valence-corrected chi connectivity index (χ3v) is 9.78. The van der Waals surface area contributed by atoms with Crippen LogP contribution >= 0.6 is 0 Å². The lowest BCUT2D eigenvalue weighted by atomic mass is 9.69. The van der Waals surface area contributed by atoms with Crippen LogP contribution in [0, 0.1) is 81.0 Å². The molecular formula is C40H46N2O4. The molecule has 6 nitrogen and oxygen atoms in total. The van der Waals surface area contributed by atoms with E-state index in [1.54, 1.807) is 36.4 Å². The van der Waals surface area contributed by atoms with E-state index in [9.17, 15) is 9.59 Å². The molecule has 0 saturated heterocycles. The van der Waals surface area contributed by atoms with Crippen LogP contribution in [0.5, 0.6) is 11.5 Å². The van der Waals surface area contributed by atoms with Crippen molar-refractivity contribution in [2.45, 2.75) is 92.9 Å². The Balaban J connectivity index is 0.000000216. The lowest BCUT2D eigenvalue weighted by Gasteiger charge is -2.36. The number of carbonyl (C=O) groups is 2.